The maximum atomic E-state index is 6.29. The van der Waals surface area contributed by atoms with Crippen molar-refractivity contribution in [2.24, 2.45) is 17.2 Å². The van der Waals surface area contributed by atoms with E-state index in [1.807, 2.05) is 70.8 Å². The number of para-hydroxylation sites is 2. The van der Waals surface area contributed by atoms with Crippen LogP contribution < -0.4 is 27.3 Å². The summed E-state index contributed by atoms with van der Waals surface area (Å²) in [5.74, 6) is 0.394. The lowest BCUT2D eigenvalue weighted by molar-refractivity contribution is 0.262. The number of nitrogens with zero attached hydrogens (tertiary/aromatic N) is 3. The summed E-state index contributed by atoms with van der Waals surface area (Å²) in [6.07, 6.45) is 1.04. The quantitative estimate of drug-likeness (QED) is 0.799. The molecule has 0 saturated carbocycles. The molecule has 1 unspecified atom stereocenters. The molecule has 0 bridgehead atoms. The Hall–Kier alpha value is -3.12. The van der Waals surface area contributed by atoms with E-state index in [2.05, 4.69) is 6.58 Å². The van der Waals surface area contributed by atoms with Crippen molar-refractivity contribution in [2.75, 3.05) is 10.1 Å². The number of benzene rings is 2. The number of hydrogen-bond acceptors (Lipinski definition) is 6. The molecule has 6 nitrogen and oxygen atoms in total. The van der Waals surface area contributed by atoms with Crippen LogP contribution in [0, 0.1) is 0 Å². The summed E-state index contributed by atoms with van der Waals surface area (Å²) in [6, 6.07) is 19.5. The lowest BCUT2D eigenvalue weighted by Gasteiger charge is -2.50. The van der Waals surface area contributed by atoms with Crippen molar-refractivity contribution in [3.63, 3.8) is 0 Å². The Morgan fingerprint density at radius 3 is 1.91 bits per heavy atom. The second-order valence-corrected chi connectivity index (χ2v) is 5.12. The van der Waals surface area contributed by atoms with Crippen molar-refractivity contribution in [1.82, 2.24) is 5.01 Å². The Kier molecular flexibility index (Phi) is 3.82. The van der Waals surface area contributed by atoms with Gasteiger partial charge in [0.15, 0.2) is 0 Å². The Balaban J connectivity index is 2.20. The van der Waals surface area contributed by atoms with E-state index < -0.39 is 6.17 Å². The molecule has 0 spiro atoms. The molecule has 0 fully saturated rings. The van der Waals surface area contributed by atoms with Gasteiger partial charge < -0.3 is 17.2 Å². The molecule has 2 aromatic carbocycles. The molecule has 1 aliphatic rings. The molecule has 23 heavy (non-hydrogen) atoms. The standard InChI is InChI=1S/C17H20N6/c1-2-21-16(19)15(18)17(20)22(13-9-5-3-6-10-13)23(21)14-11-7-4-8-12-14/h2-12,16H,1,18-20H2. The summed E-state index contributed by atoms with van der Waals surface area (Å²) in [6.45, 7) is 3.86. The molecule has 1 heterocycles. The van der Waals surface area contributed by atoms with Crippen LogP contribution in [0.5, 0.6) is 0 Å². The van der Waals surface area contributed by atoms with Gasteiger partial charge in [-0.25, -0.2) is 5.01 Å². The first-order valence-electron chi connectivity index (χ1n) is 7.27. The third-order valence-electron chi connectivity index (χ3n) is 3.71. The summed E-state index contributed by atoms with van der Waals surface area (Å²) in [5.41, 5.74) is 20.8. The monoisotopic (exact) mass is 308 g/mol. The number of rotatable bonds is 3. The Bertz CT molecular complexity index is 712. The zero-order valence-corrected chi connectivity index (χ0v) is 12.7. The summed E-state index contributed by atoms with van der Waals surface area (Å²) >= 11 is 0. The number of hydrogen-bond donors (Lipinski definition) is 3. The normalized spacial score (nSPS) is 18.3. The number of hydrazine groups is 2. The molecule has 0 amide bonds. The fraction of sp³-hybridized carbons (Fsp3) is 0.0588. The molecule has 0 aromatic heterocycles. The summed E-state index contributed by atoms with van der Waals surface area (Å²) < 4.78 is 0. The highest BCUT2D eigenvalue weighted by molar-refractivity contribution is 5.63. The van der Waals surface area contributed by atoms with Gasteiger partial charge in [-0.15, -0.1) is 0 Å². The van der Waals surface area contributed by atoms with Crippen LogP contribution in [0.25, 0.3) is 0 Å². The largest absolute Gasteiger partial charge is 0.396 e. The van der Waals surface area contributed by atoms with Gasteiger partial charge in [0.2, 0.25) is 0 Å². The predicted molar refractivity (Wildman–Crippen MR) is 93.3 cm³/mol. The molecule has 2 aromatic rings. The highest BCUT2D eigenvalue weighted by atomic mass is 15.9. The van der Waals surface area contributed by atoms with Crippen LogP contribution in [0.2, 0.25) is 0 Å². The van der Waals surface area contributed by atoms with Gasteiger partial charge in [-0.1, -0.05) is 43.0 Å². The Morgan fingerprint density at radius 2 is 1.39 bits per heavy atom. The van der Waals surface area contributed by atoms with Gasteiger partial charge >= 0.3 is 0 Å². The van der Waals surface area contributed by atoms with Crippen LogP contribution in [0.3, 0.4) is 0 Å². The SMILES string of the molecule is C=CN1C(N)C(N)=C(N)N(c2ccccc2)N1c1ccccc1. The van der Waals surface area contributed by atoms with Gasteiger partial charge in [0.25, 0.3) is 0 Å². The summed E-state index contributed by atoms with van der Waals surface area (Å²) in [5, 5.41) is 5.42. The van der Waals surface area contributed by atoms with E-state index in [1.54, 1.807) is 11.2 Å². The van der Waals surface area contributed by atoms with Gasteiger partial charge in [-0.05, 0) is 24.3 Å². The molecule has 6 heteroatoms. The first kappa shape index (κ1) is 14.8. The third-order valence-corrected chi connectivity index (χ3v) is 3.71. The topological polar surface area (TPSA) is 87.8 Å². The predicted octanol–water partition coefficient (Wildman–Crippen LogP) is 1.66. The zero-order chi connectivity index (χ0) is 16.4. The first-order chi connectivity index (χ1) is 11.1. The first-order valence-corrected chi connectivity index (χ1v) is 7.27. The van der Waals surface area contributed by atoms with Gasteiger partial charge in [-0.2, -0.15) is 5.12 Å². The minimum Gasteiger partial charge on any atom is -0.396 e. The average Bonchev–Trinajstić information content (AvgIpc) is 2.61. The average molecular weight is 308 g/mol. The molecular formula is C17H20N6. The highest BCUT2D eigenvalue weighted by Gasteiger charge is 2.35. The van der Waals surface area contributed by atoms with Crippen LogP contribution >= 0.6 is 0 Å². The maximum Gasteiger partial charge on any atom is 0.148 e. The molecule has 6 N–H and O–H groups in total. The Morgan fingerprint density at radius 1 is 0.870 bits per heavy atom. The molecule has 1 aliphatic heterocycles. The number of anilines is 2. The van der Waals surface area contributed by atoms with Crippen LogP contribution in [0.4, 0.5) is 11.4 Å². The molecule has 3 rings (SSSR count). The third kappa shape index (κ3) is 2.45. The minimum atomic E-state index is -0.590. The van der Waals surface area contributed by atoms with Gasteiger partial charge in [-0.3, -0.25) is 5.01 Å². The van der Waals surface area contributed by atoms with E-state index >= 15 is 0 Å². The van der Waals surface area contributed by atoms with Crippen LogP contribution in [-0.4, -0.2) is 11.2 Å². The fourth-order valence-electron chi connectivity index (χ4n) is 2.56. The zero-order valence-electron chi connectivity index (χ0n) is 12.7. The van der Waals surface area contributed by atoms with Crippen LogP contribution in [-0.2, 0) is 0 Å². The molecule has 0 aliphatic carbocycles. The van der Waals surface area contributed by atoms with Gasteiger partial charge in [0.05, 0.1) is 17.1 Å². The van der Waals surface area contributed by atoms with Gasteiger partial charge in [0.1, 0.15) is 12.0 Å². The molecular weight excluding hydrogens is 288 g/mol. The van der Waals surface area contributed by atoms with Crippen molar-refractivity contribution in [3.05, 3.63) is 85.0 Å². The highest BCUT2D eigenvalue weighted by Crippen LogP contribution is 2.31. The summed E-state index contributed by atoms with van der Waals surface area (Å²) in [7, 11) is 0. The van der Waals surface area contributed by atoms with Gasteiger partial charge in [0, 0.05) is 6.20 Å². The van der Waals surface area contributed by atoms with E-state index in [1.165, 1.54) is 0 Å². The second-order valence-electron chi connectivity index (χ2n) is 5.12. The molecule has 1 atom stereocenters. The van der Waals surface area contributed by atoms with Crippen molar-refractivity contribution in [2.45, 2.75) is 6.17 Å². The van der Waals surface area contributed by atoms with Crippen molar-refractivity contribution in [1.29, 1.82) is 0 Å². The lowest BCUT2D eigenvalue weighted by atomic mass is 10.2. The Labute approximate surface area is 135 Å². The molecule has 118 valence electrons. The fourth-order valence-corrected chi connectivity index (χ4v) is 2.56. The van der Waals surface area contributed by atoms with E-state index in [9.17, 15) is 0 Å². The smallest absolute Gasteiger partial charge is 0.148 e. The molecule has 0 saturated heterocycles. The number of nitrogens with two attached hydrogens (primary N) is 3. The van der Waals surface area contributed by atoms with Crippen molar-refractivity contribution in [3.8, 4) is 0 Å². The molecule has 0 radical (unpaired) electrons. The summed E-state index contributed by atoms with van der Waals surface area (Å²) in [4.78, 5) is 0. The van der Waals surface area contributed by atoms with E-state index in [0.717, 1.165) is 11.4 Å². The van der Waals surface area contributed by atoms with Crippen molar-refractivity contribution < 1.29 is 0 Å². The second kappa shape index (κ2) is 5.94. The van der Waals surface area contributed by atoms with Crippen LogP contribution in [0.1, 0.15) is 0 Å². The lowest BCUT2D eigenvalue weighted by Crippen LogP contribution is -2.64. The maximum absolute atomic E-state index is 6.29. The van der Waals surface area contributed by atoms with E-state index in [4.69, 9.17) is 17.2 Å². The minimum absolute atomic E-state index is 0.390. The van der Waals surface area contributed by atoms with Crippen molar-refractivity contribution >= 4 is 11.4 Å². The van der Waals surface area contributed by atoms with Crippen LogP contribution in [0.15, 0.2) is 85.0 Å². The van der Waals surface area contributed by atoms with E-state index in [-0.39, 0.29) is 0 Å². The van der Waals surface area contributed by atoms with E-state index in [0.29, 0.717) is 11.5 Å².